The summed E-state index contributed by atoms with van der Waals surface area (Å²) in [4.78, 5) is 50.0. The predicted octanol–water partition coefficient (Wildman–Crippen LogP) is 4.91. The van der Waals surface area contributed by atoms with Crippen molar-refractivity contribution in [1.29, 1.82) is 0 Å². The van der Waals surface area contributed by atoms with Crippen molar-refractivity contribution >= 4 is 51.5 Å². The Kier molecular flexibility index (Phi) is 6.96. The second-order valence-electron chi connectivity index (χ2n) is 10.0. The van der Waals surface area contributed by atoms with Gasteiger partial charge in [0, 0.05) is 16.0 Å². The van der Waals surface area contributed by atoms with E-state index in [1.165, 1.54) is 22.7 Å². The minimum absolute atomic E-state index is 0.179. The molecule has 0 unspecified atom stereocenters. The number of benzene rings is 3. The second kappa shape index (κ2) is 11.1. The highest BCUT2D eigenvalue weighted by Crippen LogP contribution is 2.38. The van der Waals surface area contributed by atoms with Crippen molar-refractivity contribution in [3.8, 4) is 0 Å². The lowest BCUT2D eigenvalue weighted by atomic mass is 9.97. The summed E-state index contributed by atoms with van der Waals surface area (Å²) in [5.74, 6) is -0.770. The summed E-state index contributed by atoms with van der Waals surface area (Å²) >= 11 is 2.63. The Morgan fingerprint density at radius 3 is 2.35 bits per heavy atom. The number of anilines is 1. The number of amides is 1. The van der Waals surface area contributed by atoms with Crippen molar-refractivity contribution in [2.75, 3.05) is 11.5 Å². The van der Waals surface area contributed by atoms with Crippen LogP contribution in [0.3, 0.4) is 0 Å². The molecule has 0 bridgehead atoms. The Balaban J connectivity index is 1.50. The number of carbonyl (C=O) groups excluding carboxylic acids is 2. The number of thiazole rings is 1. The summed E-state index contributed by atoms with van der Waals surface area (Å²) < 4.78 is 7.37. The highest BCUT2D eigenvalue weighted by molar-refractivity contribution is 7.10. The van der Waals surface area contributed by atoms with Crippen molar-refractivity contribution in [2.45, 2.75) is 19.5 Å². The van der Waals surface area contributed by atoms with Gasteiger partial charge in [0.2, 0.25) is 0 Å². The number of hydrogen-bond acceptors (Lipinski definition) is 7. The molecule has 0 aliphatic carbocycles. The molecular weight excluding hydrogens is 579 g/mol. The number of fused-ring (bicyclic) bond motifs is 2. The van der Waals surface area contributed by atoms with Crippen molar-refractivity contribution in [1.82, 2.24) is 4.57 Å². The molecule has 4 heterocycles. The van der Waals surface area contributed by atoms with Crippen molar-refractivity contribution in [3.05, 3.63) is 149 Å². The van der Waals surface area contributed by atoms with E-state index in [9.17, 15) is 14.4 Å². The van der Waals surface area contributed by atoms with Crippen molar-refractivity contribution < 1.29 is 14.3 Å². The number of rotatable bonds is 6. The van der Waals surface area contributed by atoms with Gasteiger partial charge < -0.3 is 9.64 Å². The molecule has 0 fully saturated rings. The summed E-state index contributed by atoms with van der Waals surface area (Å²) in [6, 6.07) is 29.8. The largest absolute Gasteiger partial charge is 0.463 e. The zero-order chi connectivity index (χ0) is 29.5. The van der Waals surface area contributed by atoms with E-state index in [0.717, 1.165) is 21.7 Å². The number of esters is 1. The zero-order valence-corrected chi connectivity index (χ0v) is 24.7. The minimum atomic E-state index is -0.757. The third kappa shape index (κ3) is 4.57. The number of para-hydroxylation sites is 1. The lowest BCUT2D eigenvalue weighted by Crippen LogP contribution is -2.40. The average molecular weight is 604 g/mol. The number of thiophene rings is 1. The van der Waals surface area contributed by atoms with Crippen LogP contribution in [0, 0.1) is 0 Å². The second-order valence-corrected chi connectivity index (χ2v) is 12.0. The lowest BCUT2D eigenvalue weighted by molar-refractivity contribution is -0.138. The van der Waals surface area contributed by atoms with Gasteiger partial charge in [-0.15, -0.1) is 11.3 Å². The Labute approximate surface area is 255 Å². The molecule has 0 N–H and O–H groups in total. The summed E-state index contributed by atoms with van der Waals surface area (Å²) in [5, 5.41) is 1.91. The molecule has 1 atom stereocenters. The van der Waals surface area contributed by atoms with E-state index in [4.69, 9.17) is 9.73 Å². The lowest BCUT2D eigenvalue weighted by Gasteiger charge is -2.24. The van der Waals surface area contributed by atoms with E-state index < -0.39 is 12.0 Å². The SMILES string of the molecule is CCOC(=O)C1=C(c2ccccc2)N=c2s/c(=C3\C(=O)N(Cc4ccccc4)c4ccccc43)c(=O)n2[C@H]1c1cccs1. The molecule has 7 rings (SSSR count). The van der Waals surface area contributed by atoms with E-state index in [2.05, 4.69) is 0 Å². The van der Waals surface area contributed by atoms with Crippen LogP contribution in [0.25, 0.3) is 11.3 Å². The molecule has 0 saturated heterocycles. The Morgan fingerprint density at radius 2 is 1.63 bits per heavy atom. The van der Waals surface area contributed by atoms with Crippen LogP contribution in [0.15, 0.2) is 118 Å². The van der Waals surface area contributed by atoms with Crippen LogP contribution < -0.4 is 19.8 Å². The number of ether oxygens (including phenoxy) is 1. The smallest absolute Gasteiger partial charge is 0.338 e. The van der Waals surface area contributed by atoms with Crippen molar-refractivity contribution in [2.24, 2.45) is 4.99 Å². The van der Waals surface area contributed by atoms with E-state index >= 15 is 0 Å². The molecule has 43 heavy (non-hydrogen) atoms. The Hall–Kier alpha value is -4.86. The van der Waals surface area contributed by atoms with Crippen LogP contribution in [0.5, 0.6) is 0 Å². The standard InChI is InChI=1S/C34H25N3O4S2/c1-2-41-33(40)27-28(22-14-7-4-8-15-22)35-34-37(29(27)25-18-11-19-42-25)32(39)30(43-34)26-23-16-9-10-17-24(23)36(31(26)38)20-21-12-5-3-6-13-21/h3-19,29H,2,20H2,1H3/b30-26-/t29-/m0/s1. The monoisotopic (exact) mass is 603 g/mol. The van der Waals surface area contributed by atoms with Gasteiger partial charge in [0.05, 0.1) is 35.7 Å². The molecule has 2 aliphatic heterocycles. The maximum absolute atomic E-state index is 14.4. The number of hydrogen-bond donors (Lipinski definition) is 0. The number of nitrogens with zero attached hydrogens (tertiary/aromatic N) is 3. The van der Waals surface area contributed by atoms with Crippen LogP contribution in [0.2, 0.25) is 0 Å². The molecular formula is C34H25N3O4S2. The van der Waals surface area contributed by atoms with Crippen molar-refractivity contribution in [3.63, 3.8) is 0 Å². The van der Waals surface area contributed by atoms with Crippen LogP contribution >= 0.6 is 22.7 Å². The molecule has 0 spiro atoms. The zero-order valence-electron chi connectivity index (χ0n) is 23.1. The molecule has 0 radical (unpaired) electrons. The third-order valence-electron chi connectivity index (χ3n) is 7.50. The topological polar surface area (TPSA) is 81.0 Å². The third-order valence-corrected chi connectivity index (χ3v) is 9.47. The normalized spacial score (nSPS) is 17.0. The van der Waals surface area contributed by atoms with Gasteiger partial charge in [0.25, 0.3) is 11.5 Å². The molecule has 0 saturated carbocycles. The first-order chi connectivity index (χ1) is 21.1. The van der Waals surface area contributed by atoms with Gasteiger partial charge in [-0.2, -0.15) is 0 Å². The van der Waals surface area contributed by atoms with Crippen LogP contribution in [-0.4, -0.2) is 23.1 Å². The van der Waals surface area contributed by atoms with Gasteiger partial charge in [0.15, 0.2) is 4.80 Å². The summed E-state index contributed by atoms with van der Waals surface area (Å²) in [6.45, 7) is 2.31. The van der Waals surface area contributed by atoms with Gasteiger partial charge >= 0.3 is 5.97 Å². The fourth-order valence-electron chi connectivity index (χ4n) is 5.63. The molecule has 212 valence electrons. The van der Waals surface area contributed by atoms with E-state index in [1.54, 1.807) is 16.4 Å². The van der Waals surface area contributed by atoms with Gasteiger partial charge in [-0.3, -0.25) is 14.2 Å². The van der Waals surface area contributed by atoms with Crippen LogP contribution in [-0.2, 0) is 20.9 Å². The molecule has 7 nitrogen and oxygen atoms in total. The number of carbonyl (C=O) groups is 2. The summed E-state index contributed by atoms with van der Waals surface area (Å²) in [5.41, 5.74) is 3.92. The fraction of sp³-hybridized carbons (Fsp3) is 0.118. The first kappa shape index (κ1) is 27.0. The first-order valence-electron chi connectivity index (χ1n) is 13.9. The Bertz CT molecular complexity index is 2080. The molecule has 2 aromatic heterocycles. The van der Waals surface area contributed by atoms with Crippen LogP contribution in [0.4, 0.5) is 5.69 Å². The quantitative estimate of drug-likeness (QED) is 0.258. The van der Waals surface area contributed by atoms with E-state index in [1.807, 2.05) is 102 Å². The first-order valence-corrected chi connectivity index (χ1v) is 15.6. The fourth-order valence-corrected chi connectivity index (χ4v) is 7.54. The van der Waals surface area contributed by atoms with Gasteiger partial charge in [-0.25, -0.2) is 9.79 Å². The predicted molar refractivity (Wildman–Crippen MR) is 168 cm³/mol. The Morgan fingerprint density at radius 1 is 0.907 bits per heavy atom. The maximum atomic E-state index is 14.4. The highest BCUT2D eigenvalue weighted by Gasteiger charge is 2.38. The minimum Gasteiger partial charge on any atom is -0.463 e. The summed E-state index contributed by atoms with van der Waals surface area (Å²) in [7, 11) is 0. The molecule has 2 aliphatic rings. The molecule has 1 amide bonds. The van der Waals surface area contributed by atoms with Gasteiger partial charge in [-0.05, 0) is 30.0 Å². The van der Waals surface area contributed by atoms with Gasteiger partial charge in [-0.1, -0.05) is 96.3 Å². The van der Waals surface area contributed by atoms with Crippen LogP contribution in [0.1, 0.15) is 34.5 Å². The summed E-state index contributed by atoms with van der Waals surface area (Å²) in [6.07, 6.45) is 0. The molecule has 9 heteroatoms. The number of aromatic nitrogens is 1. The average Bonchev–Trinajstić information content (AvgIpc) is 3.75. The maximum Gasteiger partial charge on any atom is 0.338 e. The molecule has 5 aromatic rings. The molecule has 3 aromatic carbocycles. The van der Waals surface area contributed by atoms with E-state index in [0.29, 0.717) is 38.3 Å². The van der Waals surface area contributed by atoms with E-state index in [-0.39, 0.29) is 18.1 Å². The highest BCUT2D eigenvalue weighted by atomic mass is 32.1. The van der Waals surface area contributed by atoms with Gasteiger partial charge in [0.1, 0.15) is 10.6 Å².